The molecule has 0 aliphatic heterocycles. The average Bonchev–Trinajstić information content (AvgIpc) is 2.79. The zero-order valence-electron chi connectivity index (χ0n) is 10.1. The molecule has 2 aromatic heterocycles. The molecule has 4 heteroatoms. The molecule has 90 valence electrons. The second-order valence-corrected chi connectivity index (χ2v) is 4.01. The van der Waals surface area contributed by atoms with Gasteiger partial charge in [0.2, 0.25) is 0 Å². The van der Waals surface area contributed by atoms with Crippen LogP contribution in [0.15, 0.2) is 36.9 Å². The van der Waals surface area contributed by atoms with Crippen molar-refractivity contribution in [1.29, 1.82) is 0 Å². The Morgan fingerprint density at radius 3 is 3.06 bits per heavy atom. The summed E-state index contributed by atoms with van der Waals surface area (Å²) < 4.78 is 2.15. The van der Waals surface area contributed by atoms with Crippen LogP contribution < -0.4 is 5.32 Å². The lowest BCUT2D eigenvalue weighted by molar-refractivity contribution is 0.615. The smallest absolute Gasteiger partial charge is 0.122 e. The molecule has 0 bridgehead atoms. The molecule has 1 N–H and O–H groups in total. The summed E-state index contributed by atoms with van der Waals surface area (Å²) in [4.78, 5) is 8.49. The molecule has 0 spiro atoms. The fraction of sp³-hybridized carbons (Fsp3) is 0.385. The lowest BCUT2D eigenvalue weighted by Crippen LogP contribution is -2.17. The molecule has 2 aromatic rings. The zero-order chi connectivity index (χ0) is 11.9. The summed E-state index contributed by atoms with van der Waals surface area (Å²) in [6.45, 7) is 4.84. The van der Waals surface area contributed by atoms with Crippen LogP contribution in [0.4, 0.5) is 0 Å². The lowest BCUT2D eigenvalue weighted by Gasteiger charge is -2.08. The number of pyridine rings is 1. The molecule has 4 nitrogen and oxygen atoms in total. The van der Waals surface area contributed by atoms with E-state index in [-0.39, 0.29) is 0 Å². The molecule has 0 aromatic carbocycles. The van der Waals surface area contributed by atoms with E-state index in [1.54, 1.807) is 6.20 Å². The van der Waals surface area contributed by atoms with Crippen molar-refractivity contribution < 1.29 is 0 Å². The fourth-order valence-corrected chi connectivity index (χ4v) is 1.72. The SMILES string of the molecule is CCCNCc1nccn1Cc1cccnc1. The minimum Gasteiger partial charge on any atom is -0.329 e. The maximum atomic E-state index is 4.36. The predicted octanol–water partition coefficient (Wildman–Crippen LogP) is 1.83. The summed E-state index contributed by atoms with van der Waals surface area (Å²) in [6.07, 6.45) is 8.68. The van der Waals surface area contributed by atoms with Crippen molar-refractivity contribution in [2.75, 3.05) is 6.54 Å². The van der Waals surface area contributed by atoms with E-state index in [9.17, 15) is 0 Å². The second-order valence-electron chi connectivity index (χ2n) is 4.01. The van der Waals surface area contributed by atoms with Gasteiger partial charge in [0, 0.05) is 24.8 Å². The standard InChI is InChI=1S/C13H18N4/c1-2-5-14-10-13-16-7-8-17(13)11-12-4-3-6-15-9-12/h3-4,6-9,14H,2,5,10-11H2,1H3. The number of imidazole rings is 1. The van der Waals surface area contributed by atoms with Crippen molar-refractivity contribution in [3.05, 3.63) is 48.3 Å². The third-order valence-electron chi connectivity index (χ3n) is 2.59. The molecule has 0 fully saturated rings. The molecular formula is C13H18N4. The molecule has 0 saturated carbocycles. The van der Waals surface area contributed by atoms with Crippen LogP contribution in [0, 0.1) is 0 Å². The molecule has 2 rings (SSSR count). The van der Waals surface area contributed by atoms with Gasteiger partial charge < -0.3 is 9.88 Å². The number of nitrogens with zero attached hydrogens (tertiary/aromatic N) is 3. The molecule has 2 heterocycles. The van der Waals surface area contributed by atoms with Crippen LogP contribution in [-0.2, 0) is 13.1 Å². The third kappa shape index (κ3) is 3.39. The number of nitrogens with one attached hydrogen (secondary N) is 1. The maximum absolute atomic E-state index is 4.36. The summed E-state index contributed by atoms with van der Waals surface area (Å²) in [6, 6.07) is 4.04. The lowest BCUT2D eigenvalue weighted by atomic mass is 10.3. The van der Waals surface area contributed by atoms with Gasteiger partial charge in [-0.1, -0.05) is 13.0 Å². The van der Waals surface area contributed by atoms with Crippen LogP contribution in [0.5, 0.6) is 0 Å². The Bertz CT molecular complexity index is 436. The van der Waals surface area contributed by atoms with Crippen molar-refractivity contribution in [1.82, 2.24) is 19.9 Å². The summed E-state index contributed by atoms with van der Waals surface area (Å²) in [7, 11) is 0. The molecule has 0 unspecified atom stereocenters. The van der Waals surface area contributed by atoms with Gasteiger partial charge in [0.25, 0.3) is 0 Å². The Balaban J connectivity index is 1.99. The van der Waals surface area contributed by atoms with Crippen LogP contribution in [0.2, 0.25) is 0 Å². The Labute approximate surface area is 102 Å². The maximum Gasteiger partial charge on any atom is 0.122 e. The van der Waals surface area contributed by atoms with Crippen LogP contribution in [0.1, 0.15) is 24.7 Å². The molecular weight excluding hydrogens is 212 g/mol. The van der Waals surface area contributed by atoms with Crippen molar-refractivity contribution >= 4 is 0 Å². The number of hydrogen-bond donors (Lipinski definition) is 1. The van der Waals surface area contributed by atoms with Crippen LogP contribution >= 0.6 is 0 Å². The highest BCUT2D eigenvalue weighted by atomic mass is 15.1. The van der Waals surface area contributed by atoms with Gasteiger partial charge >= 0.3 is 0 Å². The molecule has 0 atom stereocenters. The quantitative estimate of drug-likeness (QED) is 0.770. The van der Waals surface area contributed by atoms with Gasteiger partial charge in [0.05, 0.1) is 13.1 Å². The first-order valence-electron chi connectivity index (χ1n) is 5.99. The largest absolute Gasteiger partial charge is 0.329 e. The van der Waals surface area contributed by atoms with E-state index in [0.717, 1.165) is 31.9 Å². The molecule has 0 amide bonds. The summed E-state index contributed by atoms with van der Waals surface area (Å²) >= 11 is 0. The van der Waals surface area contributed by atoms with Gasteiger partial charge in [-0.3, -0.25) is 4.98 Å². The van der Waals surface area contributed by atoms with E-state index in [0.29, 0.717) is 0 Å². The summed E-state index contributed by atoms with van der Waals surface area (Å²) in [5, 5.41) is 3.36. The molecule has 0 radical (unpaired) electrons. The highest BCUT2D eigenvalue weighted by molar-refractivity contribution is 5.10. The Hall–Kier alpha value is -1.68. The van der Waals surface area contributed by atoms with Gasteiger partial charge in [-0.15, -0.1) is 0 Å². The number of rotatable bonds is 6. The predicted molar refractivity (Wildman–Crippen MR) is 67.6 cm³/mol. The molecule has 17 heavy (non-hydrogen) atoms. The summed E-state index contributed by atoms with van der Waals surface area (Å²) in [5.41, 5.74) is 1.20. The number of aromatic nitrogens is 3. The van der Waals surface area contributed by atoms with E-state index in [2.05, 4.69) is 32.8 Å². The van der Waals surface area contributed by atoms with Gasteiger partial charge in [0.15, 0.2) is 0 Å². The van der Waals surface area contributed by atoms with Crippen molar-refractivity contribution in [2.45, 2.75) is 26.4 Å². The van der Waals surface area contributed by atoms with E-state index < -0.39 is 0 Å². The van der Waals surface area contributed by atoms with E-state index in [1.165, 1.54) is 5.56 Å². The minimum absolute atomic E-state index is 0.821. The van der Waals surface area contributed by atoms with Gasteiger partial charge in [-0.25, -0.2) is 4.98 Å². The topological polar surface area (TPSA) is 42.7 Å². The first-order chi connectivity index (χ1) is 8.40. The second kappa shape index (κ2) is 6.15. The average molecular weight is 230 g/mol. The van der Waals surface area contributed by atoms with Crippen LogP contribution in [0.3, 0.4) is 0 Å². The molecule has 0 aliphatic carbocycles. The first-order valence-corrected chi connectivity index (χ1v) is 5.99. The van der Waals surface area contributed by atoms with Crippen LogP contribution in [-0.4, -0.2) is 21.1 Å². The monoisotopic (exact) mass is 230 g/mol. The normalized spacial score (nSPS) is 10.6. The van der Waals surface area contributed by atoms with E-state index >= 15 is 0 Å². The van der Waals surface area contributed by atoms with Gasteiger partial charge in [-0.05, 0) is 24.6 Å². The van der Waals surface area contributed by atoms with E-state index in [1.807, 2.05) is 24.7 Å². The summed E-state index contributed by atoms with van der Waals surface area (Å²) in [5.74, 6) is 1.07. The Morgan fingerprint density at radius 1 is 1.35 bits per heavy atom. The zero-order valence-corrected chi connectivity index (χ0v) is 10.1. The molecule has 0 aliphatic rings. The van der Waals surface area contributed by atoms with Crippen molar-refractivity contribution in [3.8, 4) is 0 Å². The number of hydrogen-bond acceptors (Lipinski definition) is 3. The van der Waals surface area contributed by atoms with Crippen LogP contribution in [0.25, 0.3) is 0 Å². The third-order valence-corrected chi connectivity index (χ3v) is 2.59. The highest BCUT2D eigenvalue weighted by Gasteiger charge is 2.02. The fourth-order valence-electron chi connectivity index (χ4n) is 1.72. The van der Waals surface area contributed by atoms with Crippen molar-refractivity contribution in [3.63, 3.8) is 0 Å². The molecule has 0 saturated heterocycles. The Morgan fingerprint density at radius 2 is 2.29 bits per heavy atom. The first kappa shape index (κ1) is 11.8. The van der Waals surface area contributed by atoms with Gasteiger partial charge in [-0.2, -0.15) is 0 Å². The Kier molecular flexibility index (Phi) is 4.27. The van der Waals surface area contributed by atoms with E-state index in [4.69, 9.17) is 0 Å². The minimum atomic E-state index is 0.821. The highest BCUT2D eigenvalue weighted by Crippen LogP contribution is 2.04. The van der Waals surface area contributed by atoms with Gasteiger partial charge in [0.1, 0.15) is 5.82 Å². The van der Waals surface area contributed by atoms with Crippen molar-refractivity contribution in [2.24, 2.45) is 0 Å².